The smallest absolute Gasteiger partial charge is 0.385 e. The standard InChI is InChI=1S/C14H16F4O2/c1-20-10-4-6-13(19,7-5-10)9-2-3-12(15)11(8-9)14(16,17)18/h2-3,8,10,19H,4-7H2,1H3. The van der Waals surface area contributed by atoms with Crippen molar-refractivity contribution in [1.82, 2.24) is 0 Å². The molecule has 20 heavy (non-hydrogen) atoms. The van der Waals surface area contributed by atoms with Gasteiger partial charge in [-0.05, 0) is 43.4 Å². The Kier molecular flexibility index (Phi) is 4.07. The molecule has 112 valence electrons. The Morgan fingerprint density at radius 2 is 1.85 bits per heavy atom. The fraction of sp³-hybridized carbons (Fsp3) is 0.571. The molecule has 0 bridgehead atoms. The summed E-state index contributed by atoms with van der Waals surface area (Å²) in [6.45, 7) is 0. The minimum atomic E-state index is -4.76. The molecule has 1 aliphatic rings. The van der Waals surface area contributed by atoms with Gasteiger partial charge in [-0.15, -0.1) is 0 Å². The van der Waals surface area contributed by atoms with Crippen molar-refractivity contribution in [3.05, 3.63) is 35.1 Å². The third-order valence-corrected chi connectivity index (χ3v) is 3.90. The Balaban J connectivity index is 2.29. The fourth-order valence-corrected chi connectivity index (χ4v) is 2.63. The molecular formula is C14H16F4O2. The molecule has 6 heteroatoms. The van der Waals surface area contributed by atoms with E-state index in [2.05, 4.69) is 0 Å². The minimum Gasteiger partial charge on any atom is -0.385 e. The van der Waals surface area contributed by atoms with Gasteiger partial charge in [0.1, 0.15) is 5.82 Å². The lowest BCUT2D eigenvalue weighted by Gasteiger charge is -2.36. The number of benzene rings is 1. The van der Waals surface area contributed by atoms with E-state index in [0.717, 1.165) is 6.07 Å². The molecule has 1 aromatic carbocycles. The van der Waals surface area contributed by atoms with Crippen molar-refractivity contribution in [3.8, 4) is 0 Å². The van der Waals surface area contributed by atoms with E-state index in [-0.39, 0.29) is 11.7 Å². The number of methoxy groups -OCH3 is 1. The summed E-state index contributed by atoms with van der Waals surface area (Å²) in [6.07, 6.45) is -3.03. The van der Waals surface area contributed by atoms with Gasteiger partial charge < -0.3 is 9.84 Å². The normalized spacial score (nSPS) is 27.6. The molecular weight excluding hydrogens is 276 g/mol. The van der Waals surface area contributed by atoms with Crippen LogP contribution in [0.1, 0.15) is 36.8 Å². The van der Waals surface area contributed by atoms with Crippen LogP contribution in [0.15, 0.2) is 18.2 Å². The van der Waals surface area contributed by atoms with E-state index >= 15 is 0 Å². The number of hydrogen-bond donors (Lipinski definition) is 1. The largest absolute Gasteiger partial charge is 0.419 e. The summed E-state index contributed by atoms with van der Waals surface area (Å²) in [5.41, 5.74) is -2.57. The van der Waals surface area contributed by atoms with Crippen LogP contribution in [0.5, 0.6) is 0 Å². The summed E-state index contributed by atoms with van der Waals surface area (Å²) < 4.78 is 56.5. The number of rotatable bonds is 2. The van der Waals surface area contributed by atoms with E-state index in [1.54, 1.807) is 7.11 Å². The number of hydrogen-bond acceptors (Lipinski definition) is 2. The first kappa shape index (κ1) is 15.3. The quantitative estimate of drug-likeness (QED) is 0.844. The molecule has 1 N–H and O–H groups in total. The number of halogens is 4. The highest BCUT2D eigenvalue weighted by Gasteiger charge is 2.39. The summed E-state index contributed by atoms with van der Waals surface area (Å²) >= 11 is 0. The Morgan fingerprint density at radius 3 is 2.35 bits per heavy atom. The van der Waals surface area contributed by atoms with Crippen LogP contribution in [-0.4, -0.2) is 18.3 Å². The Labute approximate surface area is 114 Å². The number of aliphatic hydroxyl groups is 1. The Morgan fingerprint density at radius 1 is 1.25 bits per heavy atom. The predicted molar refractivity (Wildman–Crippen MR) is 64.6 cm³/mol. The number of alkyl halides is 3. The summed E-state index contributed by atoms with van der Waals surface area (Å²) in [5.74, 6) is -1.32. The van der Waals surface area contributed by atoms with E-state index in [1.165, 1.54) is 6.07 Å². The molecule has 0 spiro atoms. The van der Waals surface area contributed by atoms with Gasteiger partial charge in [0.15, 0.2) is 0 Å². The second kappa shape index (κ2) is 5.33. The summed E-state index contributed by atoms with van der Waals surface area (Å²) in [6, 6.07) is 2.69. The van der Waals surface area contributed by atoms with Crippen molar-refractivity contribution >= 4 is 0 Å². The molecule has 0 radical (unpaired) electrons. The lowest BCUT2D eigenvalue weighted by molar-refractivity contribution is -0.140. The van der Waals surface area contributed by atoms with Gasteiger partial charge in [0.2, 0.25) is 0 Å². The maximum Gasteiger partial charge on any atom is 0.419 e. The van der Waals surface area contributed by atoms with Crippen LogP contribution in [0.3, 0.4) is 0 Å². The predicted octanol–water partition coefficient (Wildman–Crippen LogP) is 3.62. The van der Waals surface area contributed by atoms with Gasteiger partial charge in [-0.25, -0.2) is 4.39 Å². The molecule has 1 saturated carbocycles. The first-order valence-corrected chi connectivity index (χ1v) is 6.39. The van der Waals surface area contributed by atoms with Gasteiger partial charge >= 0.3 is 6.18 Å². The van der Waals surface area contributed by atoms with Crippen molar-refractivity contribution in [2.45, 2.75) is 43.6 Å². The van der Waals surface area contributed by atoms with Crippen LogP contribution in [-0.2, 0) is 16.5 Å². The van der Waals surface area contributed by atoms with E-state index in [4.69, 9.17) is 4.74 Å². The lowest BCUT2D eigenvalue weighted by Crippen LogP contribution is -2.34. The van der Waals surface area contributed by atoms with Crippen molar-refractivity contribution < 1.29 is 27.4 Å². The lowest BCUT2D eigenvalue weighted by atomic mass is 9.78. The van der Waals surface area contributed by atoms with Crippen LogP contribution >= 0.6 is 0 Å². The molecule has 0 heterocycles. The molecule has 1 aromatic rings. The molecule has 0 atom stereocenters. The minimum absolute atomic E-state index is 0.0119. The SMILES string of the molecule is COC1CCC(O)(c2ccc(F)c(C(F)(F)F)c2)CC1. The highest BCUT2D eigenvalue weighted by Crippen LogP contribution is 2.40. The molecule has 1 fully saturated rings. The summed E-state index contributed by atoms with van der Waals surface area (Å²) in [4.78, 5) is 0. The Bertz CT molecular complexity index is 477. The van der Waals surface area contributed by atoms with Crippen LogP contribution < -0.4 is 0 Å². The van der Waals surface area contributed by atoms with E-state index < -0.39 is 23.2 Å². The average Bonchev–Trinajstić information content (AvgIpc) is 2.38. The highest BCUT2D eigenvalue weighted by molar-refractivity contribution is 5.31. The van der Waals surface area contributed by atoms with Gasteiger partial charge in [-0.1, -0.05) is 6.07 Å². The first-order chi connectivity index (χ1) is 9.26. The highest BCUT2D eigenvalue weighted by atomic mass is 19.4. The zero-order valence-electron chi connectivity index (χ0n) is 11.0. The summed E-state index contributed by atoms with van der Waals surface area (Å²) in [5, 5.41) is 10.5. The third-order valence-electron chi connectivity index (χ3n) is 3.90. The third kappa shape index (κ3) is 2.96. The Hall–Kier alpha value is -1.14. The molecule has 2 nitrogen and oxygen atoms in total. The molecule has 0 aliphatic heterocycles. The zero-order chi connectivity index (χ0) is 15.0. The molecule has 2 rings (SSSR count). The monoisotopic (exact) mass is 292 g/mol. The zero-order valence-corrected chi connectivity index (χ0v) is 11.0. The topological polar surface area (TPSA) is 29.5 Å². The number of ether oxygens (including phenoxy) is 1. The maximum atomic E-state index is 13.3. The van der Waals surface area contributed by atoms with Gasteiger partial charge in [0, 0.05) is 7.11 Å². The van der Waals surface area contributed by atoms with Crippen molar-refractivity contribution in [2.75, 3.05) is 7.11 Å². The average molecular weight is 292 g/mol. The molecule has 0 saturated heterocycles. The van der Waals surface area contributed by atoms with E-state index in [1.807, 2.05) is 0 Å². The van der Waals surface area contributed by atoms with Crippen LogP contribution in [0.25, 0.3) is 0 Å². The van der Waals surface area contributed by atoms with Gasteiger partial charge in [0.05, 0.1) is 17.3 Å². The van der Waals surface area contributed by atoms with E-state index in [0.29, 0.717) is 31.7 Å². The molecule has 0 aromatic heterocycles. The molecule has 0 unspecified atom stereocenters. The van der Waals surface area contributed by atoms with Gasteiger partial charge in [0.25, 0.3) is 0 Å². The second-order valence-corrected chi connectivity index (χ2v) is 5.16. The maximum absolute atomic E-state index is 13.3. The van der Waals surface area contributed by atoms with Crippen LogP contribution in [0.2, 0.25) is 0 Å². The van der Waals surface area contributed by atoms with Crippen molar-refractivity contribution in [1.29, 1.82) is 0 Å². The molecule has 1 aliphatic carbocycles. The fourth-order valence-electron chi connectivity index (χ4n) is 2.63. The van der Waals surface area contributed by atoms with Crippen LogP contribution in [0.4, 0.5) is 17.6 Å². The van der Waals surface area contributed by atoms with Crippen LogP contribution in [0, 0.1) is 5.82 Å². The van der Waals surface area contributed by atoms with Crippen molar-refractivity contribution in [2.24, 2.45) is 0 Å². The first-order valence-electron chi connectivity index (χ1n) is 6.39. The van der Waals surface area contributed by atoms with Gasteiger partial charge in [-0.3, -0.25) is 0 Å². The molecule has 0 amide bonds. The summed E-state index contributed by atoms with van der Waals surface area (Å²) in [7, 11) is 1.56. The van der Waals surface area contributed by atoms with Crippen molar-refractivity contribution in [3.63, 3.8) is 0 Å². The second-order valence-electron chi connectivity index (χ2n) is 5.16. The van der Waals surface area contributed by atoms with Gasteiger partial charge in [-0.2, -0.15) is 13.2 Å². The van der Waals surface area contributed by atoms with E-state index in [9.17, 15) is 22.7 Å².